The summed E-state index contributed by atoms with van der Waals surface area (Å²) in [5, 5.41) is 2.64. The van der Waals surface area contributed by atoms with Gasteiger partial charge in [-0.15, -0.1) is 0 Å². The highest BCUT2D eigenvalue weighted by Crippen LogP contribution is 2.48. The van der Waals surface area contributed by atoms with Crippen LogP contribution >= 0.6 is 0 Å². The van der Waals surface area contributed by atoms with Gasteiger partial charge in [-0.05, 0) is 55.2 Å². The highest BCUT2D eigenvalue weighted by molar-refractivity contribution is 7.89. The first-order chi connectivity index (χ1) is 11.0. The van der Waals surface area contributed by atoms with Crippen LogP contribution in [0.4, 0.5) is 5.69 Å². The van der Waals surface area contributed by atoms with Gasteiger partial charge in [0, 0.05) is 6.54 Å². The van der Waals surface area contributed by atoms with E-state index in [-0.39, 0.29) is 17.4 Å². The second kappa shape index (κ2) is 5.49. The van der Waals surface area contributed by atoms with Crippen molar-refractivity contribution in [2.75, 3.05) is 18.5 Å². The number of fused-ring (bicyclic) bond motifs is 3. The Morgan fingerprint density at radius 3 is 2.87 bits per heavy atom. The average molecular weight is 336 g/mol. The van der Waals surface area contributed by atoms with E-state index in [1.807, 2.05) is 0 Å². The summed E-state index contributed by atoms with van der Waals surface area (Å²) in [6.45, 7) is 0.463. The molecule has 2 bridgehead atoms. The molecule has 3 atom stereocenters. The van der Waals surface area contributed by atoms with Crippen molar-refractivity contribution in [3.05, 3.63) is 18.2 Å². The van der Waals surface area contributed by atoms with Crippen LogP contribution in [0.25, 0.3) is 0 Å². The van der Waals surface area contributed by atoms with Crippen molar-refractivity contribution in [3.8, 4) is 5.75 Å². The summed E-state index contributed by atoms with van der Waals surface area (Å²) in [6, 6.07) is 4.55. The quantitative estimate of drug-likeness (QED) is 0.877. The topological polar surface area (TPSA) is 84.5 Å². The fraction of sp³-hybridized carbons (Fsp3) is 0.562. The Morgan fingerprint density at radius 1 is 1.26 bits per heavy atom. The minimum atomic E-state index is -3.57. The van der Waals surface area contributed by atoms with Gasteiger partial charge in [-0.1, -0.05) is 6.42 Å². The van der Waals surface area contributed by atoms with Crippen LogP contribution in [-0.4, -0.2) is 27.5 Å². The number of rotatable bonds is 4. The third-order valence-corrected chi connectivity index (χ3v) is 6.74. The maximum Gasteiger partial charge on any atom is 0.262 e. The van der Waals surface area contributed by atoms with Gasteiger partial charge in [0.15, 0.2) is 6.61 Å². The summed E-state index contributed by atoms with van der Waals surface area (Å²) in [4.78, 5) is 11.5. The Bertz CT molecular complexity index is 746. The van der Waals surface area contributed by atoms with E-state index in [2.05, 4.69) is 10.0 Å². The highest BCUT2D eigenvalue weighted by Gasteiger charge is 2.39. The molecule has 1 aliphatic heterocycles. The Morgan fingerprint density at radius 2 is 2.13 bits per heavy atom. The third-order valence-electron chi connectivity index (χ3n) is 5.31. The van der Waals surface area contributed by atoms with Crippen LogP contribution in [0.5, 0.6) is 5.75 Å². The van der Waals surface area contributed by atoms with Gasteiger partial charge in [0.05, 0.1) is 10.6 Å². The standard InChI is InChI=1S/C16H20N2O4S/c19-16-9-22-15-4-3-13(7-14(15)18-16)23(20,21)17-8-12-6-10-1-2-11(12)5-10/h3-4,7,10-12,17H,1-2,5-6,8-9H2,(H,18,19). The predicted octanol–water partition coefficient (Wildman–Crippen LogP) is 1.73. The second-order valence-corrected chi connectivity index (χ2v) is 8.55. The molecule has 4 rings (SSSR count). The van der Waals surface area contributed by atoms with Crippen molar-refractivity contribution >= 4 is 21.6 Å². The molecule has 1 amide bonds. The van der Waals surface area contributed by atoms with Crippen LogP contribution in [0, 0.1) is 17.8 Å². The van der Waals surface area contributed by atoms with Crippen LogP contribution in [0.15, 0.2) is 23.1 Å². The van der Waals surface area contributed by atoms with Crippen LogP contribution in [0.1, 0.15) is 25.7 Å². The number of hydrogen-bond acceptors (Lipinski definition) is 4. The molecular formula is C16H20N2O4S. The Hall–Kier alpha value is -1.60. The average Bonchev–Trinajstić information content (AvgIpc) is 3.15. The number of amides is 1. The molecule has 2 fully saturated rings. The van der Waals surface area contributed by atoms with E-state index in [9.17, 15) is 13.2 Å². The van der Waals surface area contributed by atoms with Gasteiger partial charge in [-0.2, -0.15) is 0 Å². The number of carbonyl (C=O) groups excluding carboxylic acids is 1. The van der Waals surface area contributed by atoms with Gasteiger partial charge in [0.2, 0.25) is 10.0 Å². The maximum absolute atomic E-state index is 12.5. The van der Waals surface area contributed by atoms with E-state index >= 15 is 0 Å². The molecule has 1 heterocycles. The molecule has 7 heteroatoms. The summed E-state index contributed by atoms with van der Waals surface area (Å²) in [5.41, 5.74) is 0.407. The van der Waals surface area contributed by atoms with Gasteiger partial charge in [0.25, 0.3) is 5.91 Å². The minimum Gasteiger partial charge on any atom is -0.482 e. The molecule has 2 saturated carbocycles. The minimum absolute atomic E-state index is 0.0401. The summed E-state index contributed by atoms with van der Waals surface area (Å²) in [5.74, 6) is 2.16. The molecule has 2 aliphatic carbocycles. The van der Waals surface area contributed by atoms with Gasteiger partial charge in [-0.25, -0.2) is 13.1 Å². The molecule has 0 aromatic heterocycles. The van der Waals surface area contributed by atoms with Gasteiger partial charge >= 0.3 is 0 Å². The monoisotopic (exact) mass is 336 g/mol. The van der Waals surface area contributed by atoms with Gasteiger partial charge in [0.1, 0.15) is 5.75 Å². The van der Waals surface area contributed by atoms with Crippen LogP contribution in [0.2, 0.25) is 0 Å². The zero-order valence-electron chi connectivity index (χ0n) is 12.7. The van der Waals surface area contributed by atoms with Gasteiger partial charge < -0.3 is 10.1 Å². The molecule has 3 aliphatic rings. The first kappa shape index (κ1) is 15.0. The van der Waals surface area contributed by atoms with Crippen LogP contribution in [0.3, 0.4) is 0 Å². The first-order valence-corrected chi connectivity index (χ1v) is 9.56. The molecule has 23 heavy (non-hydrogen) atoms. The van der Waals surface area contributed by atoms with Crippen molar-refractivity contribution in [1.29, 1.82) is 0 Å². The molecule has 1 aromatic carbocycles. The number of anilines is 1. The fourth-order valence-electron chi connectivity index (χ4n) is 4.16. The van der Waals surface area contributed by atoms with E-state index < -0.39 is 10.0 Å². The normalized spacial score (nSPS) is 29.0. The first-order valence-electron chi connectivity index (χ1n) is 8.07. The summed E-state index contributed by atoms with van der Waals surface area (Å²) in [6.07, 6.45) is 4.94. The number of hydrogen-bond donors (Lipinski definition) is 2. The zero-order chi connectivity index (χ0) is 16.0. The van der Waals surface area contributed by atoms with Crippen molar-refractivity contribution in [2.24, 2.45) is 17.8 Å². The second-order valence-electron chi connectivity index (χ2n) is 6.78. The van der Waals surface area contributed by atoms with E-state index in [1.165, 1.54) is 31.4 Å². The molecular weight excluding hydrogens is 316 g/mol. The summed E-state index contributed by atoms with van der Waals surface area (Å²) < 4.78 is 33.0. The molecule has 6 nitrogen and oxygen atoms in total. The summed E-state index contributed by atoms with van der Waals surface area (Å²) >= 11 is 0. The Labute approximate surface area is 135 Å². The van der Waals surface area contributed by atoms with E-state index in [4.69, 9.17) is 4.74 Å². The van der Waals surface area contributed by atoms with Crippen LogP contribution < -0.4 is 14.8 Å². The lowest BCUT2D eigenvalue weighted by atomic mass is 9.89. The fourth-order valence-corrected chi connectivity index (χ4v) is 5.28. The number of carbonyl (C=O) groups is 1. The van der Waals surface area contributed by atoms with E-state index in [0.717, 1.165) is 12.3 Å². The maximum atomic E-state index is 12.5. The van der Waals surface area contributed by atoms with Crippen molar-refractivity contribution < 1.29 is 17.9 Å². The van der Waals surface area contributed by atoms with E-state index in [0.29, 0.717) is 29.8 Å². The summed E-state index contributed by atoms with van der Waals surface area (Å²) in [7, 11) is -3.57. The lowest BCUT2D eigenvalue weighted by molar-refractivity contribution is -0.118. The number of nitrogens with one attached hydrogen (secondary N) is 2. The number of benzene rings is 1. The van der Waals surface area contributed by atoms with E-state index in [1.54, 1.807) is 6.07 Å². The van der Waals surface area contributed by atoms with Gasteiger partial charge in [-0.3, -0.25) is 4.79 Å². The number of sulfonamides is 1. The molecule has 3 unspecified atom stereocenters. The molecule has 0 spiro atoms. The van der Waals surface area contributed by atoms with Crippen molar-refractivity contribution in [2.45, 2.75) is 30.6 Å². The SMILES string of the molecule is O=C1COc2ccc(S(=O)(=O)NCC3CC4CCC3C4)cc2N1. The lowest BCUT2D eigenvalue weighted by Crippen LogP contribution is -2.32. The number of ether oxygens (including phenoxy) is 1. The molecule has 1 aromatic rings. The van der Waals surface area contributed by atoms with Crippen molar-refractivity contribution in [1.82, 2.24) is 4.72 Å². The molecule has 0 radical (unpaired) electrons. The lowest BCUT2D eigenvalue weighted by Gasteiger charge is -2.22. The molecule has 124 valence electrons. The molecule has 2 N–H and O–H groups in total. The van der Waals surface area contributed by atoms with Crippen LogP contribution in [-0.2, 0) is 14.8 Å². The Kier molecular flexibility index (Phi) is 3.57. The van der Waals surface area contributed by atoms with Crippen molar-refractivity contribution in [3.63, 3.8) is 0 Å². The Balaban J connectivity index is 1.48. The highest BCUT2D eigenvalue weighted by atomic mass is 32.2. The molecule has 0 saturated heterocycles. The zero-order valence-corrected chi connectivity index (χ0v) is 13.6. The smallest absolute Gasteiger partial charge is 0.262 e. The third kappa shape index (κ3) is 2.83. The predicted molar refractivity (Wildman–Crippen MR) is 84.7 cm³/mol. The largest absolute Gasteiger partial charge is 0.482 e.